The molecule has 0 aliphatic heterocycles. The van der Waals surface area contributed by atoms with Crippen molar-refractivity contribution in [2.24, 2.45) is 4.99 Å². The molecule has 5 nitrogen and oxygen atoms in total. The third kappa shape index (κ3) is 6.71. The van der Waals surface area contributed by atoms with Gasteiger partial charge in [-0.05, 0) is 37.6 Å². The Morgan fingerprint density at radius 1 is 1.19 bits per heavy atom. The zero-order valence-corrected chi connectivity index (χ0v) is 18.0. The number of halogens is 2. The van der Waals surface area contributed by atoms with Crippen LogP contribution in [0.2, 0.25) is 0 Å². The van der Waals surface area contributed by atoms with Crippen LogP contribution in [0.1, 0.15) is 29.2 Å². The summed E-state index contributed by atoms with van der Waals surface area (Å²) in [6, 6.07) is 12.3. The van der Waals surface area contributed by atoms with Crippen molar-refractivity contribution >= 4 is 29.9 Å². The number of ether oxygens (including phenoxy) is 1. The van der Waals surface area contributed by atoms with E-state index in [2.05, 4.69) is 15.6 Å². The van der Waals surface area contributed by atoms with Gasteiger partial charge >= 0.3 is 0 Å². The molecule has 0 atom stereocenters. The van der Waals surface area contributed by atoms with Crippen molar-refractivity contribution in [2.45, 2.75) is 26.9 Å². The lowest BCUT2D eigenvalue weighted by molar-refractivity contribution is 0.409. The van der Waals surface area contributed by atoms with E-state index in [-0.39, 0.29) is 30.5 Å². The lowest BCUT2D eigenvalue weighted by atomic mass is 10.1. The first-order chi connectivity index (χ1) is 12.6. The van der Waals surface area contributed by atoms with Crippen LogP contribution in [0.4, 0.5) is 4.39 Å². The van der Waals surface area contributed by atoms with E-state index in [0.717, 1.165) is 16.9 Å². The van der Waals surface area contributed by atoms with Crippen LogP contribution in [0.25, 0.3) is 0 Å². The molecular formula is C20H24FIN4O. The van der Waals surface area contributed by atoms with Gasteiger partial charge in [0.2, 0.25) is 0 Å². The molecular weight excluding hydrogens is 458 g/mol. The predicted molar refractivity (Wildman–Crippen MR) is 116 cm³/mol. The maximum Gasteiger partial charge on any atom is 0.191 e. The highest BCUT2D eigenvalue weighted by Gasteiger charge is 2.06. The minimum Gasteiger partial charge on any atom is -0.496 e. The summed E-state index contributed by atoms with van der Waals surface area (Å²) in [5, 5.41) is 15.1. The van der Waals surface area contributed by atoms with Gasteiger partial charge in [-0.2, -0.15) is 5.26 Å². The smallest absolute Gasteiger partial charge is 0.191 e. The quantitative estimate of drug-likeness (QED) is 0.373. The van der Waals surface area contributed by atoms with Crippen molar-refractivity contribution in [1.29, 1.82) is 5.26 Å². The minimum atomic E-state index is -0.410. The summed E-state index contributed by atoms with van der Waals surface area (Å²) in [4.78, 5) is 4.54. The molecule has 0 radical (unpaired) electrons. The van der Waals surface area contributed by atoms with Crippen molar-refractivity contribution in [3.63, 3.8) is 0 Å². The predicted octanol–water partition coefficient (Wildman–Crippen LogP) is 3.89. The fourth-order valence-electron chi connectivity index (χ4n) is 2.43. The van der Waals surface area contributed by atoms with Crippen molar-refractivity contribution in [3.8, 4) is 11.8 Å². The Bertz CT molecular complexity index is 833. The molecule has 0 spiro atoms. The molecule has 0 heterocycles. The van der Waals surface area contributed by atoms with E-state index in [1.54, 1.807) is 19.2 Å². The van der Waals surface area contributed by atoms with E-state index in [4.69, 9.17) is 10.00 Å². The van der Waals surface area contributed by atoms with Gasteiger partial charge in [-0.15, -0.1) is 24.0 Å². The molecule has 0 aliphatic rings. The van der Waals surface area contributed by atoms with E-state index < -0.39 is 5.82 Å². The van der Waals surface area contributed by atoms with E-state index in [9.17, 15) is 4.39 Å². The number of guanidine groups is 1. The van der Waals surface area contributed by atoms with Crippen LogP contribution in [-0.4, -0.2) is 19.6 Å². The number of benzene rings is 2. The molecule has 2 rings (SSSR count). The van der Waals surface area contributed by atoms with Crippen LogP contribution in [0, 0.1) is 24.1 Å². The van der Waals surface area contributed by atoms with Crippen molar-refractivity contribution in [2.75, 3.05) is 13.7 Å². The standard InChI is InChI=1S/C20H23FN4O.HI/c1-4-23-20(24-12-16-8-6-15(11-22)10-18(16)21)25-13-17-7-5-14(2)9-19(17)26-3;/h5-10H,4,12-13H2,1-3H3,(H2,23,24,25);1H. The van der Waals surface area contributed by atoms with Crippen LogP contribution in [-0.2, 0) is 13.1 Å². The fraction of sp³-hybridized carbons (Fsp3) is 0.300. The molecule has 0 fully saturated rings. The van der Waals surface area contributed by atoms with Gasteiger partial charge in [-0.3, -0.25) is 0 Å². The summed E-state index contributed by atoms with van der Waals surface area (Å²) < 4.78 is 19.4. The molecule has 0 saturated carbocycles. The van der Waals surface area contributed by atoms with Gasteiger partial charge in [0.25, 0.3) is 0 Å². The van der Waals surface area contributed by atoms with Crippen molar-refractivity contribution < 1.29 is 9.13 Å². The number of nitrogens with one attached hydrogen (secondary N) is 2. The summed E-state index contributed by atoms with van der Waals surface area (Å²) in [7, 11) is 1.64. The number of methoxy groups -OCH3 is 1. The summed E-state index contributed by atoms with van der Waals surface area (Å²) in [6.07, 6.45) is 0. The van der Waals surface area contributed by atoms with Crippen LogP contribution >= 0.6 is 24.0 Å². The zero-order chi connectivity index (χ0) is 18.9. The van der Waals surface area contributed by atoms with E-state index in [1.807, 2.05) is 38.1 Å². The fourth-order valence-corrected chi connectivity index (χ4v) is 2.43. The Labute approximate surface area is 176 Å². The third-order valence-electron chi connectivity index (χ3n) is 3.82. The molecule has 27 heavy (non-hydrogen) atoms. The van der Waals surface area contributed by atoms with Crippen LogP contribution in [0.15, 0.2) is 41.4 Å². The van der Waals surface area contributed by atoms with Crippen molar-refractivity contribution in [3.05, 3.63) is 64.5 Å². The Morgan fingerprint density at radius 3 is 2.56 bits per heavy atom. The van der Waals surface area contributed by atoms with Crippen LogP contribution in [0.5, 0.6) is 5.75 Å². The van der Waals surface area contributed by atoms with Gasteiger partial charge < -0.3 is 15.4 Å². The molecule has 0 amide bonds. The van der Waals surface area contributed by atoms with Gasteiger partial charge in [-0.1, -0.05) is 18.2 Å². The number of aryl methyl sites for hydroxylation is 1. The average molecular weight is 482 g/mol. The first kappa shape index (κ1) is 22.7. The lowest BCUT2D eigenvalue weighted by Crippen LogP contribution is -2.37. The minimum absolute atomic E-state index is 0. The molecule has 0 unspecified atom stereocenters. The Kier molecular flexibility index (Phi) is 9.58. The monoisotopic (exact) mass is 482 g/mol. The number of nitrogens with zero attached hydrogens (tertiary/aromatic N) is 2. The summed E-state index contributed by atoms with van der Waals surface area (Å²) >= 11 is 0. The lowest BCUT2D eigenvalue weighted by Gasteiger charge is -2.13. The SMILES string of the molecule is CCNC(=NCc1ccc(C)cc1OC)NCc1ccc(C#N)cc1F.I. The second-order valence-electron chi connectivity index (χ2n) is 5.78. The molecule has 0 bridgehead atoms. The van der Waals surface area contributed by atoms with Gasteiger partial charge in [0.1, 0.15) is 11.6 Å². The van der Waals surface area contributed by atoms with Gasteiger partial charge in [0.05, 0.1) is 25.3 Å². The molecule has 0 aromatic heterocycles. The number of hydrogen-bond acceptors (Lipinski definition) is 3. The Morgan fingerprint density at radius 2 is 1.93 bits per heavy atom. The highest BCUT2D eigenvalue weighted by Crippen LogP contribution is 2.20. The first-order valence-electron chi connectivity index (χ1n) is 8.41. The maximum atomic E-state index is 14.0. The molecule has 0 aliphatic carbocycles. The van der Waals surface area contributed by atoms with Crippen molar-refractivity contribution in [1.82, 2.24) is 10.6 Å². The number of hydrogen-bond donors (Lipinski definition) is 2. The van der Waals surface area contributed by atoms with Crippen LogP contribution < -0.4 is 15.4 Å². The topological polar surface area (TPSA) is 69.4 Å². The second-order valence-corrected chi connectivity index (χ2v) is 5.78. The number of aliphatic imine (C=N–C) groups is 1. The molecule has 0 saturated heterocycles. The van der Waals surface area contributed by atoms with E-state index >= 15 is 0 Å². The zero-order valence-electron chi connectivity index (χ0n) is 15.7. The van der Waals surface area contributed by atoms with E-state index in [1.165, 1.54) is 6.07 Å². The van der Waals surface area contributed by atoms with Crippen LogP contribution in [0.3, 0.4) is 0 Å². The van der Waals surface area contributed by atoms with Gasteiger partial charge in [0.15, 0.2) is 5.96 Å². The Balaban J connectivity index is 0.00000364. The summed E-state index contributed by atoms with van der Waals surface area (Å²) in [6.45, 7) is 5.37. The van der Waals surface area contributed by atoms with E-state index in [0.29, 0.717) is 30.2 Å². The second kappa shape index (κ2) is 11.4. The Hall–Kier alpha value is -2.34. The number of nitriles is 1. The summed E-state index contributed by atoms with van der Waals surface area (Å²) in [5.41, 5.74) is 2.87. The molecule has 2 N–H and O–H groups in total. The maximum absolute atomic E-state index is 14.0. The summed E-state index contributed by atoms with van der Waals surface area (Å²) in [5.74, 6) is 0.967. The first-order valence-corrected chi connectivity index (χ1v) is 8.41. The molecule has 2 aromatic rings. The third-order valence-corrected chi connectivity index (χ3v) is 3.82. The average Bonchev–Trinajstić information content (AvgIpc) is 2.65. The molecule has 2 aromatic carbocycles. The molecule has 144 valence electrons. The number of rotatable bonds is 6. The van der Waals surface area contributed by atoms with Gasteiger partial charge in [-0.25, -0.2) is 9.38 Å². The normalized spacial score (nSPS) is 10.6. The molecule has 7 heteroatoms. The van der Waals surface area contributed by atoms with Gasteiger partial charge in [0, 0.05) is 24.2 Å². The largest absolute Gasteiger partial charge is 0.496 e. The highest BCUT2D eigenvalue weighted by atomic mass is 127. The highest BCUT2D eigenvalue weighted by molar-refractivity contribution is 14.0.